The molecule has 1 fully saturated rings. The molecule has 2 N–H and O–H groups in total. The molecule has 0 aromatic rings. The van der Waals surface area contributed by atoms with Crippen LogP contribution in [0.4, 0.5) is 4.79 Å². The van der Waals surface area contributed by atoms with Crippen LogP contribution in [-0.4, -0.2) is 52.8 Å². The molecule has 6 nitrogen and oxygen atoms in total. The molecule has 1 aliphatic heterocycles. The van der Waals surface area contributed by atoms with Crippen LogP contribution in [0.2, 0.25) is 0 Å². The van der Waals surface area contributed by atoms with Gasteiger partial charge < -0.3 is 15.2 Å². The molecule has 0 spiro atoms. The molecule has 0 saturated carbocycles. The molecule has 1 aliphatic rings. The van der Waals surface area contributed by atoms with Gasteiger partial charge in [-0.3, -0.25) is 9.69 Å². The maximum Gasteiger partial charge on any atom is 0.410 e. The van der Waals surface area contributed by atoms with Gasteiger partial charge in [-0.15, -0.1) is 0 Å². The average Bonchev–Trinajstić information content (AvgIpc) is 2.82. The minimum absolute atomic E-state index is 0.109. The maximum atomic E-state index is 12.3. The number of hydrogen-bond donors (Lipinski definition) is 2. The lowest BCUT2D eigenvalue weighted by molar-refractivity contribution is -0.126. The third kappa shape index (κ3) is 5.19. The first-order valence-corrected chi connectivity index (χ1v) is 7.56. The van der Waals surface area contributed by atoms with Gasteiger partial charge in [0, 0.05) is 6.54 Å². The van der Waals surface area contributed by atoms with Crippen LogP contribution in [0, 0.1) is 5.92 Å². The molecular weight excluding hydrogens is 272 g/mol. The van der Waals surface area contributed by atoms with Gasteiger partial charge in [-0.05, 0) is 39.5 Å². The Kier molecular flexibility index (Phi) is 6.01. The predicted octanol–water partition coefficient (Wildman–Crippen LogP) is 1.52. The topological polar surface area (TPSA) is 78.9 Å². The lowest BCUT2D eigenvalue weighted by Gasteiger charge is -2.29. The van der Waals surface area contributed by atoms with E-state index in [1.807, 2.05) is 13.8 Å². The van der Waals surface area contributed by atoms with Crippen molar-refractivity contribution in [2.75, 3.05) is 13.2 Å². The van der Waals surface area contributed by atoms with Crippen LogP contribution in [-0.2, 0) is 9.53 Å². The summed E-state index contributed by atoms with van der Waals surface area (Å²) in [5.74, 6) is -0.0820. The van der Waals surface area contributed by atoms with E-state index in [1.165, 1.54) is 4.90 Å². The molecule has 2 atom stereocenters. The summed E-state index contributed by atoms with van der Waals surface area (Å²) in [6.07, 6.45) is 0.953. The molecule has 0 aromatic carbocycles. The molecule has 1 unspecified atom stereocenters. The second-order valence-electron chi connectivity index (χ2n) is 6.87. The average molecular weight is 300 g/mol. The highest BCUT2D eigenvalue weighted by Gasteiger charge is 2.37. The van der Waals surface area contributed by atoms with Gasteiger partial charge in [0.2, 0.25) is 5.91 Å². The zero-order valence-corrected chi connectivity index (χ0v) is 13.7. The standard InChI is InChI=1S/C15H28N2O4/c1-10(2)11(9-18)16-13(19)12-7-6-8-17(12)14(20)21-15(3,4)5/h10-12,18H,6-9H2,1-5H3,(H,16,19)/t11-,12?/m1/s1. The van der Waals surface area contributed by atoms with Crippen molar-refractivity contribution in [2.45, 2.75) is 65.1 Å². The second kappa shape index (κ2) is 7.11. The quantitative estimate of drug-likeness (QED) is 0.825. The molecule has 0 aromatic heterocycles. The predicted molar refractivity (Wildman–Crippen MR) is 79.8 cm³/mol. The number of carbonyl (C=O) groups excluding carboxylic acids is 2. The molecule has 0 aliphatic carbocycles. The van der Waals surface area contributed by atoms with Crippen LogP contribution in [0.1, 0.15) is 47.5 Å². The van der Waals surface area contributed by atoms with Crippen molar-refractivity contribution in [2.24, 2.45) is 5.92 Å². The van der Waals surface area contributed by atoms with Gasteiger partial charge in [-0.25, -0.2) is 4.79 Å². The molecule has 1 heterocycles. The minimum Gasteiger partial charge on any atom is -0.444 e. The first kappa shape index (κ1) is 17.8. The number of carbonyl (C=O) groups is 2. The Morgan fingerprint density at radius 2 is 2.00 bits per heavy atom. The maximum absolute atomic E-state index is 12.3. The molecule has 1 saturated heterocycles. The van der Waals surface area contributed by atoms with Crippen molar-refractivity contribution >= 4 is 12.0 Å². The van der Waals surface area contributed by atoms with E-state index < -0.39 is 17.7 Å². The van der Waals surface area contributed by atoms with Gasteiger partial charge in [0.15, 0.2) is 0 Å². The highest BCUT2D eigenvalue weighted by molar-refractivity contribution is 5.86. The Labute approximate surface area is 126 Å². The van der Waals surface area contributed by atoms with E-state index >= 15 is 0 Å². The summed E-state index contributed by atoms with van der Waals surface area (Å²) in [6, 6.07) is -0.800. The Hall–Kier alpha value is -1.30. The first-order chi connectivity index (χ1) is 9.65. The van der Waals surface area contributed by atoms with Crippen LogP contribution < -0.4 is 5.32 Å². The van der Waals surface area contributed by atoms with E-state index in [-0.39, 0.29) is 24.5 Å². The fourth-order valence-corrected chi connectivity index (χ4v) is 2.28. The number of nitrogens with zero attached hydrogens (tertiary/aromatic N) is 1. The number of amides is 2. The molecule has 122 valence electrons. The Bertz CT molecular complexity index is 376. The van der Waals surface area contributed by atoms with E-state index in [2.05, 4.69) is 5.32 Å². The van der Waals surface area contributed by atoms with Crippen LogP contribution in [0.15, 0.2) is 0 Å². The molecule has 21 heavy (non-hydrogen) atoms. The van der Waals surface area contributed by atoms with Crippen molar-refractivity contribution in [3.63, 3.8) is 0 Å². The number of aliphatic hydroxyl groups excluding tert-OH is 1. The molecule has 0 bridgehead atoms. The fourth-order valence-electron chi connectivity index (χ4n) is 2.28. The van der Waals surface area contributed by atoms with Crippen molar-refractivity contribution in [3.8, 4) is 0 Å². The van der Waals surface area contributed by atoms with Gasteiger partial charge in [-0.1, -0.05) is 13.8 Å². The largest absolute Gasteiger partial charge is 0.444 e. The Morgan fingerprint density at radius 1 is 1.38 bits per heavy atom. The van der Waals surface area contributed by atoms with Gasteiger partial charge in [0.1, 0.15) is 11.6 Å². The smallest absolute Gasteiger partial charge is 0.410 e. The van der Waals surface area contributed by atoms with Crippen molar-refractivity contribution in [3.05, 3.63) is 0 Å². The Morgan fingerprint density at radius 3 is 2.48 bits per heavy atom. The van der Waals surface area contributed by atoms with Crippen LogP contribution in [0.25, 0.3) is 0 Å². The SMILES string of the molecule is CC(C)[C@@H](CO)NC(=O)C1CCCN1C(=O)OC(C)(C)C. The van der Waals surface area contributed by atoms with Crippen molar-refractivity contribution in [1.82, 2.24) is 10.2 Å². The Balaban J connectivity index is 2.68. The van der Waals surface area contributed by atoms with Crippen molar-refractivity contribution in [1.29, 1.82) is 0 Å². The van der Waals surface area contributed by atoms with Gasteiger partial charge in [0.05, 0.1) is 12.6 Å². The molecular formula is C15H28N2O4. The zero-order valence-electron chi connectivity index (χ0n) is 13.7. The highest BCUT2D eigenvalue weighted by atomic mass is 16.6. The lowest BCUT2D eigenvalue weighted by Crippen LogP contribution is -2.51. The summed E-state index contributed by atoms with van der Waals surface area (Å²) in [5.41, 5.74) is -0.577. The number of hydrogen-bond acceptors (Lipinski definition) is 4. The summed E-state index contributed by atoms with van der Waals surface area (Å²) >= 11 is 0. The van der Waals surface area contributed by atoms with Gasteiger partial charge in [-0.2, -0.15) is 0 Å². The molecule has 0 radical (unpaired) electrons. The van der Waals surface area contributed by atoms with E-state index in [0.29, 0.717) is 13.0 Å². The number of ether oxygens (including phenoxy) is 1. The number of likely N-dealkylation sites (tertiary alicyclic amines) is 1. The van der Waals surface area contributed by atoms with E-state index in [9.17, 15) is 14.7 Å². The number of rotatable bonds is 4. The number of aliphatic hydroxyl groups is 1. The summed E-state index contributed by atoms with van der Waals surface area (Å²) in [4.78, 5) is 25.9. The van der Waals surface area contributed by atoms with Gasteiger partial charge >= 0.3 is 6.09 Å². The monoisotopic (exact) mass is 300 g/mol. The highest BCUT2D eigenvalue weighted by Crippen LogP contribution is 2.21. The lowest BCUT2D eigenvalue weighted by atomic mass is 10.0. The number of nitrogens with one attached hydrogen (secondary N) is 1. The van der Waals surface area contributed by atoms with Crippen LogP contribution in [0.5, 0.6) is 0 Å². The molecule has 1 rings (SSSR count). The first-order valence-electron chi connectivity index (χ1n) is 7.56. The summed E-state index contributed by atoms with van der Waals surface area (Å²) in [5, 5.41) is 12.1. The van der Waals surface area contributed by atoms with Gasteiger partial charge in [0.25, 0.3) is 0 Å². The van der Waals surface area contributed by atoms with Crippen LogP contribution >= 0.6 is 0 Å². The van der Waals surface area contributed by atoms with Crippen molar-refractivity contribution < 1.29 is 19.4 Å². The van der Waals surface area contributed by atoms with E-state index in [1.54, 1.807) is 20.8 Å². The summed E-state index contributed by atoms with van der Waals surface area (Å²) in [7, 11) is 0. The summed E-state index contributed by atoms with van der Waals surface area (Å²) in [6.45, 7) is 9.69. The molecule has 2 amide bonds. The zero-order chi connectivity index (χ0) is 16.2. The second-order valence-corrected chi connectivity index (χ2v) is 6.87. The third-order valence-corrected chi connectivity index (χ3v) is 3.51. The molecule has 6 heteroatoms. The van der Waals surface area contributed by atoms with E-state index in [4.69, 9.17) is 4.74 Å². The normalized spacial score (nSPS) is 20.5. The van der Waals surface area contributed by atoms with Crippen LogP contribution in [0.3, 0.4) is 0 Å². The summed E-state index contributed by atoms with van der Waals surface area (Å²) < 4.78 is 5.34. The fraction of sp³-hybridized carbons (Fsp3) is 0.867. The van der Waals surface area contributed by atoms with E-state index in [0.717, 1.165) is 6.42 Å². The minimum atomic E-state index is -0.577. The third-order valence-electron chi connectivity index (χ3n) is 3.51.